The zero-order valence-corrected chi connectivity index (χ0v) is 10.0. The number of carbonyl (C=O) groups excluding carboxylic acids is 1. The zero-order chi connectivity index (χ0) is 13.0. The predicted molar refractivity (Wildman–Crippen MR) is 71.8 cm³/mol. The van der Waals surface area contributed by atoms with E-state index in [9.17, 15) is 4.79 Å². The molecule has 0 aromatic carbocycles. The number of hydrogen-bond acceptors (Lipinski definition) is 5. The average Bonchev–Trinajstić information content (AvgIpc) is 2.38. The molecule has 0 saturated carbocycles. The van der Waals surface area contributed by atoms with Crippen molar-refractivity contribution < 1.29 is 4.79 Å². The molecule has 6 heteroatoms. The zero-order valence-electron chi connectivity index (χ0n) is 10.0. The number of rotatable bonds is 5. The summed E-state index contributed by atoms with van der Waals surface area (Å²) in [6.07, 6.45) is 5.02. The molecule has 2 N–H and O–H groups in total. The van der Waals surface area contributed by atoms with E-state index in [0.717, 1.165) is 0 Å². The van der Waals surface area contributed by atoms with Crippen molar-refractivity contribution in [3.05, 3.63) is 31.6 Å². The maximum absolute atomic E-state index is 11.4. The van der Waals surface area contributed by atoms with Crippen LogP contribution in [0.3, 0.4) is 0 Å². The highest BCUT2D eigenvalue weighted by Crippen LogP contribution is 2.31. The summed E-state index contributed by atoms with van der Waals surface area (Å²) < 4.78 is 0. The Morgan fingerprint density at radius 1 is 1.33 bits per heavy atom. The van der Waals surface area contributed by atoms with Crippen molar-refractivity contribution in [2.75, 3.05) is 35.2 Å². The molecule has 1 aliphatic heterocycles. The summed E-state index contributed by atoms with van der Waals surface area (Å²) in [4.78, 5) is 21.7. The van der Waals surface area contributed by atoms with E-state index < -0.39 is 0 Å². The van der Waals surface area contributed by atoms with Gasteiger partial charge in [0.15, 0.2) is 11.6 Å². The standard InChI is InChI=1S/C12H15N5O/c1-3-5-17(6-4-2)12-10-11(14-8-15-12)13-7-9(18)16-10/h3-4,8H,1-2,5-7H2,(H,16,18)(H,13,14,15). The van der Waals surface area contributed by atoms with Crippen molar-refractivity contribution >= 4 is 23.2 Å². The highest BCUT2D eigenvalue weighted by molar-refractivity contribution is 6.02. The molecule has 18 heavy (non-hydrogen) atoms. The molecule has 0 saturated heterocycles. The van der Waals surface area contributed by atoms with Gasteiger partial charge in [0.2, 0.25) is 5.91 Å². The van der Waals surface area contributed by atoms with Crippen LogP contribution in [0.4, 0.5) is 17.3 Å². The SMILES string of the molecule is C=CCN(CC=C)c1ncnc2c1NC(=O)CN2. The molecule has 2 heterocycles. The van der Waals surface area contributed by atoms with E-state index in [1.54, 1.807) is 12.2 Å². The van der Waals surface area contributed by atoms with Gasteiger partial charge in [-0.05, 0) is 0 Å². The van der Waals surface area contributed by atoms with Crippen LogP contribution in [0.25, 0.3) is 0 Å². The number of anilines is 3. The summed E-state index contributed by atoms with van der Waals surface area (Å²) in [6, 6.07) is 0. The number of carbonyl (C=O) groups is 1. The molecule has 1 aromatic heterocycles. The first-order valence-corrected chi connectivity index (χ1v) is 5.61. The quantitative estimate of drug-likeness (QED) is 0.758. The van der Waals surface area contributed by atoms with E-state index in [2.05, 4.69) is 33.8 Å². The maximum atomic E-state index is 11.4. The van der Waals surface area contributed by atoms with E-state index in [0.29, 0.717) is 30.4 Å². The number of amides is 1. The molecule has 1 amide bonds. The Morgan fingerprint density at radius 2 is 2.06 bits per heavy atom. The van der Waals surface area contributed by atoms with Crippen molar-refractivity contribution in [3.8, 4) is 0 Å². The van der Waals surface area contributed by atoms with Crippen LogP contribution in [0.15, 0.2) is 31.6 Å². The number of nitrogens with zero attached hydrogens (tertiary/aromatic N) is 3. The molecule has 1 aliphatic rings. The molecule has 0 radical (unpaired) electrons. The molecular weight excluding hydrogens is 230 g/mol. The first-order chi connectivity index (χ1) is 8.76. The summed E-state index contributed by atoms with van der Waals surface area (Å²) in [6.45, 7) is 8.89. The largest absolute Gasteiger partial charge is 0.359 e. The fraction of sp³-hybridized carbons (Fsp3) is 0.250. The summed E-state index contributed by atoms with van der Waals surface area (Å²) in [5.41, 5.74) is 0.609. The van der Waals surface area contributed by atoms with Crippen molar-refractivity contribution in [1.82, 2.24) is 9.97 Å². The summed E-state index contributed by atoms with van der Waals surface area (Å²) in [5, 5.41) is 5.74. The maximum Gasteiger partial charge on any atom is 0.243 e. The Labute approximate surface area is 105 Å². The topological polar surface area (TPSA) is 70.2 Å². The van der Waals surface area contributed by atoms with Crippen LogP contribution in [-0.4, -0.2) is 35.5 Å². The molecular formula is C12H15N5O. The van der Waals surface area contributed by atoms with Crippen molar-refractivity contribution in [3.63, 3.8) is 0 Å². The molecule has 1 aromatic rings. The lowest BCUT2D eigenvalue weighted by molar-refractivity contribution is -0.114. The fourth-order valence-electron chi connectivity index (χ4n) is 1.77. The Bertz CT molecular complexity index is 475. The molecule has 0 spiro atoms. The molecule has 0 bridgehead atoms. The second kappa shape index (κ2) is 5.31. The van der Waals surface area contributed by atoms with Gasteiger partial charge in [0.05, 0.1) is 6.54 Å². The number of nitrogens with one attached hydrogen (secondary N) is 2. The third-order valence-electron chi connectivity index (χ3n) is 2.51. The molecule has 0 aliphatic carbocycles. The number of hydrogen-bond donors (Lipinski definition) is 2. The van der Waals surface area contributed by atoms with E-state index in [4.69, 9.17) is 0 Å². The molecule has 6 nitrogen and oxygen atoms in total. The van der Waals surface area contributed by atoms with Gasteiger partial charge in [0, 0.05) is 13.1 Å². The molecule has 0 atom stereocenters. The van der Waals surface area contributed by atoms with Crippen LogP contribution in [0.1, 0.15) is 0 Å². The first-order valence-electron chi connectivity index (χ1n) is 5.61. The highest BCUT2D eigenvalue weighted by Gasteiger charge is 2.21. The van der Waals surface area contributed by atoms with Gasteiger partial charge in [-0.1, -0.05) is 12.2 Å². The van der Waals surface area contributed by atoms with Gasteiger partial charge < -0.3 is 15.5 Å². The normalized spacial score (nSPS) is 13.0. The number of aromatic nitrogens is 2. The molecule has 94 valence electrons. The predicted octanol–water partition coefficient (Wildman–Crippen LogP) is 1.02. The smallest absolute Gasteiger partial charge is 0.243 e. The third kappa shape index (κ3) is 2.32. The van der Waals surface area contributed by atoms with Gasteiger partial charge in [-0.25, -0.2) is 9.97 Å². The van der Waals surface area contributed by atoms with Crippen molar-refractivity contribution in [1.29, 1.82) is 0 Å². The number of fused-ring (bicyclic) bond motifs is 1. The summed E-state index contributed by atoms with van der Waals surface area (Å²) in [5.74, 6) is 1.20. The second-order valence-electron chi connectivity index (χ2n) is 3.80. The minimum absolute atomic E-state index is 0.101. The van der Waals surface area contributed by atoms with Gasteiger partial charge in [-0.15, -0.1) is 13.2 Å². The fourth-order valence-corrected chi connectivity index (χ4v) is 1.77. The lowest BCUT2D eigenvalue weighted by atomic mass is 10.3. The van der Waals surface area contributed by atoms with E-state index in [1.807, 2.05) is 4.90 Å². The minimum Gasteiger partial charge on any atom is -0.359 e. The van der Waals surface area contributed by atoms with Gasteiger partial charge >= 0.3 is 0 Å². The van der Waals surface area contributed by atoms with Gasteiger partial charge in [0.1, 0.15) is 12.0 Å². The van der Waals surface area contributed by atoms with Crippen LogP contribution in [0.5, 0.6) is 0 Å². The van der Waals surface area contributed by atoms with Crippen molar-refractivity contribution in [2.24, 2.45) is 0 Å². The highest BCUT2D eigenvalue weighted by atomic mass is 16.2. The lowest BCUT2D eigenvalue weighted by Gasteiger charge is -2.26. The molecule has 2 rings (SSSR count). The van der Waals surface area contributed by atoms with Crippen LogP contribution in [-0.2, 0) is 4.79 Å². The van der Waals surface area contributed by atoms with E-state index in [-0.39, 0.29) is 12.5 Å². The molecule has 0 unspecified atom stereocenters. The average molecular weight is 245 g/mol. The molecule has 0 fully saturated rings. The van der Waals surface area contributed by atoms with Crippen LogP contribution in [0.2, 0.25) is 0 Å². The first kappa shape index (κ1) is 12.1. The third-order valence-corrected chi connectivity index (χ3v) is 2.51. The summed E-state index contributed by atoms with van der Waals surface area (Å²) >= 11 is 0. The van der Waals surface area contributed by atoms with Gasteiger partial charge in [0.25, 0.3) is 0 Å². The van der Waals surface area contributed by atoms with Crippen LogP contribution >= 0.6 is 0 Å². The summed E-state index contributed by atoms with van der Waals surface area (Å²) in [7, 11) is 0. The van der Waals surface area contributed by atoms with Gasteiger partial charge in [-0.3, -0.25) is 4.79 Å². The van der Waals surface area contributed by atoms with E-state index >= 15 is 0 Å². The van der Waals surface area contributed by atoms with Crippen LogP contribution < -0.4 is 15.5 Å². The van der Waals surface area contributed by atoms with Gasteiger partial charge in [-0.2, -0.15) is 0 Å². The van der Waals surface area contributed by atoms with Crippen molar-refractivity contribution in [2.45, 2.75) is 0 Å². The Morgan fingerprint density at radius 3 is 2.72 bits per heavy atom. The lowest BCUT2D eigenvalue weighted by Crippen LogP contribution is -2.32. The minimum atomic E-state index is -0.101. The van der Waals surface area contributed by atoms with E-state index in [1.165, 1.54) is 6.33 Å². The Hall–Kier alpha value is -2.37. The Kier molecular flexibility index (Phi) is 3.57. The van der Waals surface area contributed by atoms with Crippen LogP contribution in [0, 0.1) is 0 Å². The Balaban J connectivity index is 2.39. The second-order valence-corrected chi connectivity index (χ2v) is 3.80. The monoisotopic (exact) mass is 245 g/mol.